The van der Waals surface area contributed by atoms with Crippen LogP contribution in [0, 0.1) is 11.8 Å². The number of carbonyl (C=O) groups excluding carboxylic acids is 2. The van der Waals surface area contributed by atoms with E-state index in [1.807, 2.05) is 30.3 Å². The van der Waals surface area contributed by atoms with Gasteiger partial charge in [0.05, 0.1) is 5.92 Å². The highest BCUT2D eigenvalue weighted by Gasteiger charge is 2.28. The quantitative estimate of drug-likeness (QED) is 0.575. The minimum Gasteiger partial charge on any atom is -0.303 e. The number of aldehydes is 1. The van der Waals surface area contributed by atoms with Crippen molar-refractivity contribution in [2.75, 3.05) is 0 Å². The maximum atomic E-state index is 12.1. The Labute approximate surface area is 102 Å². The second-order valence-electron chi connectivity index (χ2n) is 4.82. The van der Waals surface area contributed by atoms with Crippen LogP contribution in [0.5, 0.6) is 0 Å². The van der Waals surface area contributed by atoms with Crippen LogP contribution in [-0.4, -0.2) is 12.1 Å². The summed E-state index contributed by atoms with van der Waals surface area (Å²) in [5, 5.41) is 0. The molecule has 1 aromatic carbocycles. The van der Waals surface area contributed by atoms with Gasteiger partial charge in [0.25, 0.3) is 0 Å². The molecule has 90 valence electrons. The lowest BCUT2D eigenvalue weighted by Gasteiger charge is -2.14. The normalized spacial score (nSPS) is 17.9. The minimum absolute atomic E-state index is 0.133. The van der Waals surface area contributed by atoms with Crippen molar-refractivity contribution in [1.82, 2.24) is 0 Å². The van der Waals surface area contributed by atoms with Crippen LogP contribution in [0.25, 0.3) is 0 Å². The van der Waals surface area contributed by atoms with Gasteiger partial charge >= 0.3 is 0 Å². The monoisotopic (exact) mass is 230 g/mol. The molecule has 1 aromatic rings. The van der Waals surface area contributed by atoms with E-state index >= 15 is 0 Å². The summed E-state index contributed by atoms with van der Waals surface area (Å²) in [6, 6.07) is 9.77. The summed E-state index contributed by atoms with van der Waals surface area (Å²) >= 11 is 0. The lowest BCUT2D eigenvalue weighted by atomic mass is 9.88. The number of Topliss-reactive ketones (excluding diaryl/α,β-unsaturated/α-hetero) is 1. The average molecular weight is 230 g/mol. The highest BCUT2D eigenvalue weighted by Crippen LogP contribution is 2.28. The molecule has 0 bridgehead atoms. The zero-order valence-corrected chi connectivity index (χ0v) is 9.97. The van der Waals surface area contributed by atoms with Gasteiger partial charge in [0, 0.05) is 5.92 Å². The van der Waals surface area contributed by atoms with Crippen molar-refractivity contribution in [3.63, 3.8) is 0 Å². The summed E-state index contributed by atoms with van der Waals surface area (Å²) in [6.45, 7) is 0. The first-order valence-corrected chi connectivity index (χ1v) is 6.34. The van der Waals surface area contributed by atoms with E-state index in [4.69, 9.17) is 0 Å². The molecule has 17 heavy (non-hydrogen) atoms. The van der Waals surface area contributed by atoms with Gasteiger partial charge in [-0.1, -0.05) is 43.2 Å². The molecule has 2 rings (SSSR count). The summed E-state index contributed by atoms with van der Waals surface area (Å²) in [5.41, 5.74) is 1.07. The highest BCUT2D eigenvalue weighted by atomic mass is 16.1. The zero-order valence-electron chi connectivity index (χ0n) is 9.97. The fourth-order valence-electron chi connectivity index (χ4n) is 2.60. The molecular formula is C15H18O2. The molecule has 1 unspecified atom stereocenters. The van der Waals surface area contributed by atoms with E-state index in [-0.39, 0.29) is 11.7 Å². The van der Waals surface area contributed by atoms with Crippen molar-refractivity contribution in [1.29, 1.82) is 0 Å². The molecule has 0 aromatic heterocycles. The maximum absolute atomic E-state index is 12.1. The molecule has 0 amide bonds. The predicted octanol–water partition coefficient (Wildman–Crippen LogP) is 2.80. The SMILES string of the molecule is O=CC(Cc1ccccc1)C(=O)C1CCCC1. The minimum atomic E-state index is -0.444. The van der Waals surface area contributed by atoms with Crippen molar-refractivity contribution in [2.24, 2.45) is 11.8 Å². The van der Waals surface area contributed by atoms with E-state index in [0.29, 0.717) is 6.42 Å². The average Bonchev–Trinajstić information content (AvgIpc) is 2.90. The van der Waals surface area contributed by atoms with Gasteiger partial charge in [-0.05, 0) is 24.8 Å². The van der Waals surface area contributed by atoms with Gasteiger partial charge in [-0.2, -0.15) is 0 Å². The van der Waals surface area contributed by atoms with Gasteiger partial charge in [0.1, 0.15) is 12.1 Å². The van der Waals surface area contributed by atoms with Crippen LogP contribution < -0.4 is 0 Å². The van der Waals surface area contributed by atoms with Gasteiger partial charge in [-0.3, -0.25) is 4.79 Å². The van der Waals surface area contributed by atoms with E-state index in [0.717, 1.165) is 37.5 Å². The number of benzene rings is 1. The Morgan fingerprint density at radius 2 is 1.88 bits per heavy atom. The first kappa shape index (κ1) is 12.0. The molecule has 2 nitrogen and oxygen atoms in total. The molecule has 1 saturated carbocycles. The molecule has 1 aliphatic rings. The van der Waals surface area contributed by atoms with E-state index < -0.39 is 5.92 Å². The third-order valence-corrected chi connectivity index (χ3v) is 3.59. The van der Waals surface area contributed by atoms with Crippen LogP contribution in [-0.2, 0) is 16.0 Å². The van der Waals surface area contributed by atoms with Gasteiger partial charge in [0.15, 0.2) is 0 Å². The summed E-state index contributed by atoms with van der Waals surface area (Å²) in [5.74, 6) is -0.157. The lowest BCUT2D eigenvalue weighted by Crippen LogP contribution is -2.24. The van der Waals surface area contributed by atoms with Crippen LogP contribution >= 0.6 is 0 Å². The molecule has 2 heteroatoms. The lowest BCUT2D eigenvalue weighted by molar-refractivity contribution is -0.130. The van der Waals surface area contributed by atoms with Crippen LogP contribution in [0.15, 0.2) is 30.3 Å². The Balaban J connectivity index is 2.01. The Hall–Kier alpha value is -1.44. The Morgan fingerprint density at radius 1 is 1.24 bits per heavy atom. The number of ketones is 1. The van der Waals surface area contributed by atoms with Crippen molar-refractivity contribution in [3.05, 3.63) is 35.9 Å². The number of rotatable bonds is 5. The molecule has 0 N–H and O–H groups in total. The van der Waals surface area contributed by atoms with Crippen LogP contribution in [0.3, 0.4) is 0 Å². The van der Waals surface area contributed by atoms with Crippen LogP contribution in [0.2, 0.25) is 0 Å². The maximum Gasteiger partial charge on any atom is 0.146 e. The fourth-order valence-corrected chi connectivity index (χ4v) is 2.60. The second-order valence-corrected chi connectivity index (χ2v) is 4.82. The largest absolute Gasteiger partial charge is 0.303 e. The predicted molar refractivity (Wildman–Crippen MR) is 66.7 cm³/mol. The van der Waals surface area contributed by atoms with E-state index in [9.17, 15) is 9.59 Å². The van der Waals surface area contributed by atoms with Crippen molar-refractivity contribution in [2.45, 2.75) is 32.1 Å². The molecular weight excluding hydrogens is 212 g/mol. The molecule has 0 aliphatic heterocycles. The van der Waals surface area contributed by atoms with Crippen LogP contribution in [0.1, 0.15) is 31.2 Å². The van der Waals surface area contributed by atoms with Crippen LogP contribution in [0.4, 0.5) is 0 Å². The first-order chi connectivity index (χ1) is 8.31. The van der Waals surface area contributed by atoms with Crippen molar-refractivity contribution in [3.8, 4) is 0 Å². The third kappa shape index (κ3) is 3.02. The molecule has 0 saturated heterocycles. The molecule has 1 aliphatic carbocycles. The molecule has 1 atom stereocenters. The zero-order chi connectivity index (χ0) is 12.1. The topological polar surface area (TPSA) is 34.1 Å². The molecule has 0 heterocycles. The number of hydrogen-bond acceptors (Lipinski definition) is 2. The summed E-state index contributed by atoms with van der Waals surface area (Å²) in [7, 11) is 0. The first-order valence-electron chi connectivity index (χ1n) is 6.34. The third-order valence-electron chi connectivity index (χ3n) is 3.59. The number of hydrogen-bond donors (Lipinski definition) is 0. The summed E-state index contributed by atoms with van der Waals surface area (Å²) in [4.78, 5) is 23.2. The smallest absolute Gasteiger partial charge is 0.146 e. The Morgan fingerprint density at radius 3 is 2.47 bits per heavy atom. The van der Waals surface area contributed by atoms with Crippen molar-refractivity contribution < 1.29 is 9.59 Å². The van der Waals surface area contributed by atoms with Gasteiger partial charge in [0.2, 0.25) is 0 Å². The Kier molecular flexibility index (Phi) is 4.08. The van der Waals surface area contributed by atoms with E-state index in [1.54, 1.807) is 0 Å². The van der Waals surface area contributed by atoms with Gasteiger partial charge in [-0.25, -0.2) is 0 Å². The standard InChI is InChI=1S/C15H18O2/c16-11-14(10-12-6-2-1-3-7-12)15(17)13-8-4-5-9-13/h1-3,6-7,11,13-14H,4-5,8-10H2. The second kappa shape index (κ2) is 5.76. The van der Waals surface area contributed by atoms with Gasteiger partial charge in [-0.15, -0.1) is 0 Å². The summed E-state index contributed by atoms with van der Waals surface area (Å²) in [6.07, 6.45) is 5.59. The van der Waals surface area contributed by atoms with E-state index in [1.165, 1.54) is 0 Å². The summed E-state index contributed by atoms with van der Waals surface area (Å²) < 4.78 is 0. The molecule has 1 fully saturated rings. The van der Waals surface area contributed by atoms with E-state index in [2.05, 4.69) is 0 Å². The van der Waals surface area contributed by atoms with Crippen molar-refractivity contribution >= 4 is 12.1 Å². The number of carbonyl (C=O) groups is 2. The Bertz CT molecular complexity index is 377. The fraction of sp³-hybridized carbons (Fsp3) is 0.467. The van der Waals surface area contributed by atoms with Gasteiger partial charge < -0.3 is 4.79 Å². The highest BCUT2D eigenvalue weighted by molar-refractivity contribution is 5.95. The molecule has 0 spiro atoms. The molecule has 0 radical (unpaired) electrons.